The molecule has 1 atom stereocenters. The van der Waals surface area contributed by atoms with Crippen LogP contribution in [0.3, 0.4) is 0 Å². The molecule has 0 aliphatic carbocycles. The van der Waals surface area contributed by atoms with Crippen LogP contribution in [0.4, 0.5) is 19.0 Å². The van der Waals surface area contributed by atoms with Gasteiger partial charge in [0.1, 0.15) is 6.33 Å². The first kappa shape index (κ1) is 12.3. The molecule has 0 spiro atoms. The van der Waals surface area contributed by atoms with E-state index in [-0.39, 0.29) is 5.82 Å². The molecule has 2 rings (SSSR count). The van der Waals surface area contributed by atoms with Gasteiger partial charge in [-0.05, 0) is 6.92 Å². The molecule has 1 unspecified atom stereocenters. The van der Waals surface area contributed by atoms with Crippen LogP contribution in [0.2, 0.25) is 0 Å². The number of aromatic nitrogens is 4. The van der Waals surface area contributed by atoms with Gasteiger partial charge in [-0.15, -0.1) is 10.2 Å². The summed E-state index contributed by atoms with van der Waals surface area (Å²) in [4.78, 5) is 3.17. The van der Waals surface area contributed by atoms with Crippen LogP contribution in [0.5, 0.6) is 0 Å². The lowest BCUT2D eigenvalue weighted by Gasteiger charge is -2.14. The molecule has 2 heterocycles. The Kier molecular flexibility index (Phi) is 3.17. The Morgan fingerprint density at radius 2 is 2.00 bits per heavy atom. The smallest absolute Gasteiger partial charge is 0.251 e. The second-order valence-corrected chi connectivity index (χ2v) is 3.76. The summed E-state index contributed by atoms with van der Waals surface area (Å²) in [5.74, 6) is -3.51. The number of nitrogens with zero attached hydrogens (tertiary/aromatic N) is 4. The van der Waals surface area contributed by atoms with Gasteiger partial charge in [-0.2, -0.15) is 9.37 Å². The Bertz CT molecular complexity index is 569. The molecule has 0 aromatic carbocycles. The van der Waals surface area contributed by atoms with E-state index in [0.717, 1.165) is 0 Å². The van der Waals surface area contributed by atoms with Crippen LogP contribution in [0.1, 0.15) is 18.8 Å². The van der Waals surface area contributed by atoms with Crippen molar-refractivity contribution in [2.24, 2.45) is 7.05 Å². The van der Waals surface area contributed by atoms with Gasteiger partial charge in [-0.3, -0.25) is 0 Å². The van der Waals surface area contributed by atoms with E-state index in [1.807, 2.05) is 0 Å². The number of anilines is 1. The molecule has 1 N–H and O–H groups in total. The van der Waals surface area contributed by atoms with E-state index in [0.29, 0.717) is 11.9 Å². The summed E-state index contributed by atoms with van der Waals surface area (Å²) in [5, 5.41) is 10.1. The number of hydrogen-bond acceptors (Lipinski definition) is 4. The Hall–Kier alpha value is -2.12. The predicted octanol–water partition coefficient (Wildman–Crippen LogP) is 1.80. The molecule has 5 nitrogen and oxygen atoms in total. The molecular formula is C10H10F3N5. The largest absolute Gasteiger partial charge is 0.358 e. The van der Waals surface area contributed by atoms with E-state index < -0.39 is 23.6 Å². The van der Waals surface area contributed by atoms with Gasteiger partial charge < -0.3 is 9.88 Å². The first-order valence-corrected chi connectivity index (χ1v) is 5.11. The van der Waals surface area contributed by atoms with Gasteiger partial charge in [0.25, 0.3) is 5.95 Å². The van der Waals surface area contributed by atoms with Crippen molar-refractivity contribution >= 4 is 5.82 Å². The Labute approximate surface area is 101 Å². The molecule has 2 aromatic rings. The quantitative estimate of drug-likeness (QED) is 0.852. The fourth-order valence-corrected chi connectivity index (χ4v) is 1.50. The number of halogens is 3. The fraction of sp³-hybridized carbons (Fsp3) is 0.300. The van der Waals surface area contributed by atoms with Gasteiger partial charge >= 0.3 is 0 Å². The molecule has 96 valence electrons. The van der Waals surface area contributed by atoms with E-state index in [9.17, 15) is 13.2 Å². The molecule has 0 radical (unpaired) electrons. The molecule has 0 fully saturated rings. The number of nitrogens with one attached hydrogen (secondary N) is 1. The number of rotatable bonds is 3. The zero-order chi connectivity index (χ0) is 13.3. The van der Waals surface area contributed by atoms with Gasteiger partial charge in [-0.1, -0.05) is 0 Å². The summed E-state index contributed by atoms with van der Waals surface area (Å²) in [5.41, 5.74) is 0. The van der Waals surface area contributed by atoms with Gasteiger partial charge in [0, 0.05) is 13.1 Å². The van der Waals surface area contributed by atoms with E-state index in [1.54, 1.807) is 18.5 Å². The summed E-state index contributed by atoms with van der Waals surface area (Å²) in [6, 6.07) is -0.0157. The molecule has 0 amide bonds. The van der Waals surface area contributed by atoms with Crippen LogP contribution >= 0.6 is 0 Å². The van der Waals surface area contributed by atoms with E-state index >= 15 is 0 Å². The minimum Gasteiger partial charge on any atom is -0.358 e. The summed E-state index contributed by atoms with van der Waals surface area (Å²) in [7, 11) is 1.71. The van der Waals surface area contributed by atoms with Gasteiger partial charge in [0.15, 0.2) is 23.3 Å². The van der Waals surface area contributed by atoms with Crippen molar-refractivity contribution in [2.75, 3.05) is 5.32 Å². The summed E-state index contributed by atoms with van der Waals surface area (Å²) in [6.45, 7) is 1.67. The van der Waals surface area contributed by atoms with Crippen LogP contribution in [0.25, 0.3) is 0 Å². The Morgan fingerprint density at radius 1 is 1.28 bits per heavy atom. The molecule has 0 saturated heterocycles. The highest BCUT2D eigenvalue weighted by atomic mass is 19.2. The summed E-state index contributed by atoms with van der Waals surface area (Å²) >= 11 is 0. The molecule has 18 heavy (non-hydrogen) atoms. The van der Waals surface area contributed by atoms with Crippen LogP contribution in [0, 0.1) is 17.6 Å². The lowest BCUT2D eigenvalue weighted by Crippen LogP contribution is -2.14. The highest BCUT2D eigenvalue weighted by molar-refractivity contribution is 5.38. The third-order valence-corrected chi connectivity index (χ3v) is 2.37. The zero-order valence-corrected chi connectivity index (χ0v) is 9.65. The third kappa shape index (κ3) is 2.27. The van der Waals surface area contributed by atoms with E-state index in [2.05, 4.69) is 20.5 Å². The minimum atomic E-state index is -1.36. The zero-order valence-electron chi connectivity index (χ0n) is 9.65. The highest BCUT2D eigenvalue weighted by Crippen LogP contribution is 2.19. The van der Waals surface area contributed by atoms with Crippen molar-refractivity contribution in [1.82, 2.24) is 19.7 Å². The van der Waals surface area contributed by atoms with Crippen molar-refractivity contribution in [3.05, 3.63) is 35.8 Å². The lowest BCUT2D eigenvalue weighted by atomic mass is 10.3. The van der Waals surface area contributed by atoms with E-state index in [4.69, 9.17) is 0 Å². The molecule has 0 aliphatic heterocycles. The van der Waals surface area contributed by atoms with Gasteiger partial charge in [-0.25, -0.2) is 8.78 Å². The lowest BCUT2D eigenvalue weighted by molar-refractivity contribution is 0.465. The second-order valence-electron chi connectivity index (χ2n) is 3.76. The molecule has 2 aromatic heterocycles. The van der Waals surface area contributed by atoms with Crippen molar-refractivity contribution in [1.29, 1.82) is 0 Å². The standard InChI is InChI=1S/C10H10F3N5/c1-5(10-17-14-4-18(10)2)15-9-7(12)3-6(11)8(13)16-9/h3-5H,1-2H3,(H,15,16). The molecule has 8 heteroatoms. The van der Waals surface area contributed by atoms with Crippen molar-refractivity contribution in [2.45, 2.75) is 13.0 Å². The Morgan fingerprint density at radius 3 is 2.61 bits per heavy atom. The SMILES string of the molecule is CC(Nc1nc(F)c(F)cc1F)c1nncn1C. The second kappa shape index (κ2) is 4.63. The highest BCUT2D eigenvalue weighted by Gasteiger charge is 2.16. The average Bonchev–Trinajstić information content (AvgIpc) is 2.72. The molecule has 0 aliphatic rings. The summed E-state index contributed by atoms with van der Waals surface area (Å²) < 4.78 is 40.6. The number of pyridine rings is 1. The first-order chi connectivity index (χ1) is 8.49. The molecule has 0 bridgehead atoms. The first-order valence-electron chi connectivity index (χ1n) is 5.11. The third-order valence-electron chi connectivity index (χ3n) is 2.37. The van der Waals surface area contributed by atoms with Crippen LogP contribution in [0.15, 0.2) is 12.4 Å². The van der Waals surface area contributed by atoms with Gasteiger partial charge in [0.05, 0.1) is 6.04 Å². The topological polar surface area (TPSA) is 55.6 Å². The van der Waals surface area contributed by atoms with Crippen molar-refractivity contribution in [3.8, 4) is 0 Å². The van der Waals surface area contributed by atoms with Crippen LogP contribution in [-0.2, 0) is 7.05 Å². The maximum absolute atomic E-state index is 13.4. The maximum atomic E-state index is 13.4. The van der Waals surface area contributed by atoms with Crippen LogP contribution in [-0.4, -0.2) is 19.7 Å². The normalized spacial score (nSPS) is 12.5. The Balaban J connectivity index is 2.24. The fourth-order valence-electron chi connectivity index (χ4n) is 1.50. The molecular weight excluding hydrogens is 247 g/mol. The maximum Gasteiger partial charge on any atom is 0.251 e. The summed E-state index contributed by atoms with van der Waals surface area (Å²) in [6.07, 6.45) is 1.47. The van der Waals surface area contributed by atoms with Crippen LogP contribution < -0.4 is 5.32 Å². The predicted molar refractivity (Wildman–Crippen MR) is 57.2 cm³/mol. The number of aryl methyl sites for hydroxylation is 1. The number of hydrogen-bond donors (Lipinski definition) is 1. The van der Waals surface area contributed by atoms with Gasteiger partial charge in [0.2, 0.25) is 0 Å². The van der Waals surface area contributed by atoms with Crippen molar-refractivity contribution in [3.63, 3.8) is 0 Å². The monoisotopic (exact) mass is 257 g/mol. The minimum absolute atomic E-state index is 0.371. The molecule has 0 saturated carbocycles. The average molecular weight is 257 g/mol. The van der Waals surface area contributed by atoms with Crippen molar-refractivity contribution < 1.29 is 13.2 Å². The van der Waals surface area contributed by atoms with E-state index in [1.165, 1.54) is 6.33 Å².